The molecule has 162 valence electrons. The zero-order valence-electron chi connectivity index (χ0n) is 17.5. The Labute approximate surface area is 178 Å². The van der Waals surface area contributed by atoms with E-state index in [1.165, 1.54) is 18.4 Å². The quantitative estimate of drug-likeness (QED) is 0.756. The molecule has 30 heavy (non-hydrogen) atoms. The van der Waals surface area contributed by atoms with E-state index in [4.69, 9.17) is 9.84 Å². The van der Waals surface area contributed by atoms with Crippen LogP contribution >= 0.6 is 0 Å². The van der Waals surface area contributed by atoms with Gasteiger partial charge in [-0.15, -0.1) is 0 Å². The van der Waals surface area contributed by atoms with E-state index in [9.17, 15) is 4.39 Å². The van der Waals surface area contributed by atoms with Gasteiger partial charge in [-0.05, 0) is 61.3 Å². The lowest BCUT2D eigenvalue weighted by atomic mass is 10.0. The van der Waals surface area contributed by atoms with E-state index < -0.39 is 0 Å². The van der Waals surface area contributed by atoms with E-state index in [-0.39, 0.29) is 12.4 Å². The molecule has 1 N–H and O–H groups in total. The van der Waals surface area contributed by atoms with Crippen molar-refractivity contribution < 1.29 is 14.2 Å². The molecule has 0 saturated carbocycles. The number of halogens is 1. The normalized spacial score (nSPS) is 21.0. The van der Waals surface area contributed by atoms with Crippen molar-refractivity contribution in [2.24, 2.45) is 0 Å². The predicted octanol–water partition coefficient (Wildman–Crippen LogP) is 2.98. The fourth-order valence-corrected chi connectivity index (χ4v) is 4.63. The Balaban J connectivity index is 1.29. The number of aliphatic hydroxyl groups is 1. The first-order chi connectivity index (χ1) is 14.7. The standard InChI is InChI=1S/C24H32FN3O2/c25-21-6-8-22(9-7-21)27-11-13-28(14-12-27)23-4-2-10-26(19-23)18-20-3-1-5-24(17-20)30-16-15-29/h1,3,5-9,17,23,29H,2,4,10-16,18-19H2/t23-/m0/s1. The van der Waals surface area contributed by atoms with Gasteiger partial charge in [-0.3, -0.25) is 9.80 Å². The molecule has 0 bridgehead atoms. The van der Waals surface area contributed by atoms with Gasteiger partial charge in [-0.25, -0.2) is 4.39 Å². The van der Waals surface area contributed by atoms with Crippen molar-refractivity contribution in [3.63, 3.8) is 0 Å². The van der Waals surface area contributed by atoms with Crippen molar-refractivity contribution in [3.05, 3.63) is 59.9 Å². The zero-order chi connectivity index (χ0) is 20.8. The van der Waals surface area contributed by atoms with Gasteiger partial charge in [0.1, 0.15) is 18.2 Å². The third-order valence-electron chi connectivity index (χ3n) is 6.17. The molecule has 2 aromatic rings. The molecule has 6 heteroatoms. The van der Waals surface area contributed by atoms with Gasteiger partial charge in [0.05, 0.1) is 6.61 Å². The molecule has 0 unspecified atom stereocenters. The van der Waals surface area contributed by atoms with Gasteiger partial charge in [0.2, 0.25) is 0 Å². The summed E-state index contributed by atoms with van der Waals surface area (Å²) >= 11 is 0. The van der Waals surface area contributed by atoms with Crippen LogP contribution in [-0.4, -0.2) is 73.4 Å². The van der Waals surface area contributed by atoms with Crippen LogP contribution in [-0.2, 0) is 6.54 Å². The summed E-state index contributed by atoms with van der Waals surface area (Å²) in [7, 11) is 0. The van der Waals surface area contributed by atoms with Gasteiger partial charge in [0.25, 0.3) is 0 Å². The molecular formula is C24H32FN3O2. The number of nitrogens with zero attached hydrogens (tertiary/aromatic N) is 3. The number of hydrogen-bond acceptors (Lipinski definition) is 5. The summed E-state index contributed by atoms with van der Waals surface area (Å²) in [4.78, 5) is 7.53. The lowest BCUT2D eigenvalue weighted by molar-refractivity contribution is 0.0887. The number of piperidine rings is 1. The molecule has 2 fully saturated rings. The summed E-state index contributed by atoms with van der Waals surface area (Å²) in [5.41, 5.74) is 2.37. The van der Waals surface area contributed by atoms with E-state index in [0.717, 1.165) is 57.3 Å². The van der Waals surface area contributed by atoms with Gasteiger partial charge in [-0.1, -0.05) is 12.1 Å². The first kappa shape index (κ1) is 21.1. The van der Waals surface area contributed by atoms with E-state index in [1.54, 1.807) is 12.1 Å². The molecule has 2 saturated heterocycles. The zero-order valence-corrected chi connectivity index (χ0v) is 17.5. The van der Waals surface area contributed by atoms with Crippen LogP contribution in [0.1, 0.15) is 18.4 Å². The molecule has 2 aromatic carbocycles. The van der Waals surface area contributed by atoms with Crippen molar-refractivity contribution in [1.82, 2.24) is 9.80 Å². The van der Waals surface area contributed by atoms with Crippen LogP contribution in [0.5, 0.6) is 5.75 Å². The number of ether oxygens (including phenoxy) is 1. The maximum absolute atomic E-state index is 13.2. The number of benzene rings is 2. The van der Waals surface area contributed by atoms with Crippen molar-refractivity contribution >= 4 is 5.69 Å². The highest BCUT2D eigenvalue weighted by Crippen LogP contribution is 2.23. The predicted molar refractivity (Wildman–Crippen MR) is 118 cm³/mol. The van der Waals surface area contributed by atoms with E-state index in [1.807, 2.05) is 24.3 Å². The second-order valence-electron chi connectivity index (χ2n) is 8.25. The largest absolute Gasteiger partial charge is 0.491 e. The monoisotopic (exact) mass is 413 g/mol. The maximum atomic E-state index is 13.2. The molecular weight excluding hydrogens is 381 g/mol. The molecule has 0 aliphatic carbocycles. The summed E-state index contributed by atoms with van der Waals surface area (Å²) in [6.07, 6.45) is 2.48. The van der Waals surface area contributed by atoms with Crippen LogP contribution in [0.2, 0.25) is 0 Å². The second kappa shape index (κ2) is 10.2. The first-order valence-electron chi connectivity index (χ1n) is 11.0. The lowest BCUT2D eigenvalue weighted by Crippen LogP contribution is -2.55. The minimum Gasteiger partial charge on any atom is -0.491 e. The Bertz CT molecular complexity index is 793. The van der Waals surface area contributed by atoms with Crippen LogP contribution in [0.3, 0.4) is 0 Å². The van der Waals surface area contributed by atoms with Crippen molar-refractivity contribution in [3.8, 4) is 5.75 Å². The average Bonchev–Trinajstić information content (AvgIpc) is 2.79. The van der Waals surface area contributed by atoms with E-state index in [2.05, 4.69) is 26.8 Å². The Morgan fingerprint density at radius 1 is 1.00 bits per heavy atom. The first-order valence-corrected chi connectivity index (χ1v) is 11.0. The summed E-state index contributed by atoms with van der Waals surface area (Å²) in [5, 5.41) is 8.95. The molecule has 0 spiro atoms. The topological polar surface area (TPSA) is 39.2 Å². The van der Waals surface area contributed by atoms with Crippen LogP contribution in [0.15, 0.2) is 48.5 Å². The molecule has 4 rings (SSSR count). The number of rotatable bonds is 7. The third kappa shape index (κ3) is 5.50. The highest BCUT2D eigenvalue weighted by Gasteiger charge is 2.28. The Morgan fingerprint density at radius 2 is 1.80 bits per heavy atom. The van der Waals surface area contributed by atoms with E-state index >= 15 is 0 Å². The number of piperazine rings is 1. The van der Waals surface area contributed by atoms with Crippen LogP contribution in [0.25, 0.3) is 0 Å². The molecule has 2 aliphatic heterocycles. The van der Waals surface area contributed by atoms with Crippen LogP contribution < -0.4 is 9.64 Å². The highest BCUT2D eigenvalue weighted by atomic mass is 19.1. The smallest absolute Gasteiger partial charge is 0.123 e. The molecule has 0 aromatic heterocycles. The molecule has 2 aliphatic rings. The third-order valence-corrected chi connectivity index (χ3v) is 6.17. The fraction of sp³-hybridized carbons (Fsp3) is 0.500. The Morgan fingerprint density at radius 3 is 2.57 bits per heavy atom. The summed E-state index contributed by atoms with van der Waals surface area (Å²) in [6.45, 7) is 7.62. The van der Waals surface area contributed by atoms with Gasteiger partial charge in [0, 0.05) is 51.0 Å². The number of anilines is 1. The molecule has 0 radical (unpaired) electrons. The Hall–Kier alpha value is -2.15. The molecule has 1 atom stereocenters. The maximum Gasteiger partial charge on any atom is 0.123 e. The SMILES string of the molecule is OCCOc1cccc(CN2CCC[C@H](N3CCN(c4ccc(F)cc4)CC3)C2)c1. The van der Waals surface area contributed by atoms with E-state index in [0.29, 0.717) is 12.6 Å². The second-order valence-corrected chi connectivity index (χ2v) is 8.25. The fourth-order valence-electron chi connectivity index (χ4n) is 4.63. The summed E-state index contributed by atoms with van der Waals surface area (Å²) < 4.78 is 18.7. The van der Waals surface area contributed by atoms with Gasteiger partial charge in [0.15, 0.2) is 0 Å². The summed E-state index contributed by atoms with van der Waals surface area (Å²) in [5.74, 6) is 0.650. The van der Waals surface area contributed by atoms with Crippen molar-refractivity contribution in [1.29, 1.82) is 0 Å². The highest BCUT2D eigenvalue weighted by molar-refractivity contribution is 5.46. The van der Waals surface area contributed by atoms with Gasteiger partial charge in [-0.2, -0.15) is 0 Å². The molecule has 0 amide bonds. The van der Waals surface area contributed by atoms with Crippen LogP contribution in [0, 0.1) is 5.82 Å². The van der Waals surface area contributed by atoms with Gasteiger partial charge >= 0.3 is 0 Å². The van der Waals surface area contributed by atoms with Crippen molar-refractivity contribution in [2.45, 2.75) is 25.4 Å². The minimum absolute atomic E-state index is 0.0342. The number of hydrogen-bond donors (Lipinski definition) is 1. The lowest BCUT2D eigenvalue weighted by Gasteiger charge is -2.44. The minimum atomic E-state index is -0.176. The molecule has 5 nitrogen and oxygen atoms in total. The molecule has 2 heterocycles. The summed E-state index contributed by atoms with van der Waals surface area (Å²) in [6, 6.07) is 15.7. The van der Waals surface area contributed by atoms with Crippen molar-refractivity contribution in [2.75, 3.05) is 57.4 Å². The average molecular weight is 414 g/mol. The van der Waals surface area contributed by atoms with Gasteiger partial charge < -0.3 is 14.7 Å². The number of likely N-dealkylation sites (tertiary alicyclic amines) is 1. The number of aliphatic hydroxyl groups excluding tert-OH is 1. The Kier molecular flexibility index (Phi) is 7.20. The van der Waals surface area contributed by atoms with Crippen LogP contribution in [0.4, 0.5) is 10.1 Å².